The minimum absolute atomic E-state index is 0.317. The largest absolute Gasteiger partial charge is 0.377 e. The fourth-order valence-electron chi connectivity index (χ4n) is 3.07. The summed E-state index contributed by atoms with van der Waals surface area (Å²) in [5.74, 6) is 0. The zero-order chi connectivity index (χ0) is 11.6. The second-order valence-corrected chi connectivity index (χ2v) is 5.87. The van der Waals surface area contributed by atoms with E-state index in [9.17, 15) is 0 Å². The highest BCUT2D eigenvalue weighted by atomic mass is 16.5. The first-order valence-corrected chi connectivity index (χ1v) is 6.66. The van der Waals surface area contributed by atoms with Crippen LogP contribution in [0, 0.1) is 0 Å². The first kappa shape index (κ1) is 12.3. The van der Waals surface area contributed by atoms with Gasteiger partial charge in [-0.25, -0.2) is 0 Å². The maximum atomic E-state index is 5.74. The van der Waals surface area contributed by atoms with E-state index in [1.165, 1.54) is 32.2 Å². The van der Waals surface area contributed by atoms with Crippen molar-refractivity contribution >= 4 is 0 Å². The predicted molar refractivity (Wildman–Crippen MR) is 66.7 cm³/mol. The Morgan fingerprint density at radius 1 is 1.38 bits per heavy atom. The molecular weight excluding hydrogens is 200 g/mol. The van der Waals surface area contributed by atoms with E-state index in [1.807, 2.05) is 0 Å². The average molecular weight is 226 g/mol. The molecule has 2 aliphatic heterocycles. The van der Waals surface area contributed by atoms with E-state index < -0.39 is 0 Å². The van der Waals surface area contributed by atoms with Crippen molar-refractivity contribution in [1.29, 1.82) is 0 Å². The molecule has 0 radical (unpaired) electrons. The number of likely N-dealkylation sites (tertiary alicyclic amines) is 1. The summed E-state index contributed by atoms with van der Waals surface area (Å²) in [4.78, 5) is 2.62. The second kappa shape index (κ2) is 5.03. The van der Waals surface area contributed by atoms with Crippen molar-refractivity contribution in [2.45, 2.75) is 57.2 Å². The Morgan fingerprint density at radius 2 is 2.19 bits per heavy atom. The van der Waals surface area contributed by atoms with Gasteiger partial charge in [0.05, 0.1) is 6.10 Å². The number of hydrogen-bond donors (Lipinski definition) is 1. The van der Waals surface area contributed by atoms with Gasteiger partial charge in [-0.3, -0.25) is 4.90 Å². The normalized spacial score (nSPS) is 35.4. The summed E-state index contributed by atoms with van der Waals surface area (Å²) in [5.41, 5.74) is 0.317. The summed E-state index contributed by atoms with van der Waals surface area (Å²) >= 11 is 0. The molecule has 3 nitrogen and oxygen atoms in total. The molecular formula is C13H26N2O. The van der Waals surface area contributed by atoms with Gasteiger partial charge in [0.2, 0.25) is 0 Å². The van der Waals surface area contributed by atoms with Gasteiger partial charge in [0.1, 0.15) is 0 Å². The summed E-state index contributed by atoms with van der Waals surface area (Å²) in [5, 5.41) is 3.42. The van der Waals surface area contributed by atoms with E-state index in [0.717, 1.165) is 13.2 Å². The lowest BCUT2D eigenvalue weighted by atomic mass is 9.86. The monoisotopic (exact) mass is 226 g/mol. The first-order valence-electron chi connectivity index (χ1n) is 6.66. The molecule has 2 saturated heterocycles. The van der Waals surface area contributed by atoms with Gasteiger partial charge in [-0.15, -0.1) is 0 Å². The second-order valence-electron chi connectivity index (χ2n) is 5.87. The molecule has 0 saturated carbocycles. The van der Waals surface area contributed by atoms with E-state index in [2.05, 4.69) is 31.1 Å². The number of hydrogen-bond acceptors (Lipinski definition) is 3. The minimum Gasteiger partial charge on any atom is -0.377 e. The fourth-order valence-corrected chi connectivity index (χ4v) is 3.07. The Bertz CT molecular complexity index is 224. The van der Waals surface area contributed by atoms with E-state index in [-0.39, 0.29) is 0 Å². The molecule has 0 spiro atoms. The van der Waals surface area contributed by atoms with E-state index in [0.29, 0.717) is 17.7 Å². The molecule has 0 bridgehead atoms. The third-order valence-corrected chi connectivity index (χ3v) is 4.21. The van der Waals surface area contributed by atoms with Crippen molar-refractivity contribution < 1.29 is 4.74 Å². The maximum absolute atomic E-state index is 5.74. The molecule has 2 atom stereocenters. The van der Waals surface area contributed by atoms with Gasteiger partial charge in [0.15, 0.2) is 0 Å². The number of piperidine rings is 1. The van der Waals surface area contributed by atoms with Gasteiger partial charge in [-0.05, 0) is 46.6 Å². The highest BCUT2D eigenvalue weighted by molar-refractivity contribution is 4.93. The fraction of sp³-hybridized carbons (Fsp3) is 1.00. The minimum atomic E-state index is 0.317. The number of nitrogens with one attached hydrogen (secondary N) is 1. The number of rotatable bonds is 3. The zero-order valence-corrected chi connectivity index (χ0v) is 11.0. The summed E-state index contributed by atoms with van der Waals surface area (Å²) in [7, 11) is 2.08. The molecule has 0 aromatic carbocycles. The Balaban J connectivity index is 1.89. The molecule has 2 fully saturated rings. The van der Waals surface area contributed by atoms with Crippen LogP contribution >= 0.6 is 0 Å². The molecule has 0 aliphatic carbocycles. The molecule has 0 aromatic rings. The van der Waals surface area contributed by atoms with Crippen LogP contribution in [0.3, 0.4) is 0 Å². The van der Waals surface area contributed by atoms with Gasteiger partial charge in [0.25, 0.3) is 0 Å². The van der Waals surface area contributed by atoms with E-state index in [1.54, 1.807) is 0 Å². The molecule has 2 rings (SSSR count). The summed E-state index contributed by atoms with van der Waals surface area (Å²) in [6.07, 6.45) is 5.51. The Hall–Kier alpha value is -0.120. The van der Waals surface area contributed by atoms with Crippen LogP contribution in [0.25, 0.3) is 0 Å². The van der Waals surface area contributed by atoms with Gasteiger partial charge < -0.3 is 10.1 Å². The maximum Gasteiger partial charge on any atom is 0.0703 e. The zero-order valence-electron chi connectivity index (χ0n) is 11.0. The molecule has 0 aromatic heterocycles. The first-order chi connectivity index (χ1) is 7.62. The average Bonchev–Trinajstić information content (AvgIpc) is 2.73. The molecule has 2 heterocycles. The van der Waals surface area contributed by atoms with Crippen molar-refractivity contribution in [3.05, 3.63) is 0 Å². The van der Waals surface area contributed by atoms with Crippen molar-refractivity contribution in [3.8, 4) is 0 Å². The third-order valence-electron chi connectivity index (χ3n) is 4.21. The molecule has 16 heavy (non-hydrogen) atoms. The van der Waals surface area contributed by atoms with Gasteiger partial charge >= 0.3 is 0 Å². The van der Waals surface area contributed by atoms with Crippen molar-refractivity contribution in [2.75, 3.05) is 26.7 Å². The van der Waals surface area contributed by atoms with Crippen LogP contribution < -0.4 is 5.32 Å². The van der Waals surface area contributed by atoms with Crippen molar-refractivity contribution in [3.63, 3.8) is 0 Å². The molecule has 2 aliphatic rings. The Morgan fingerprint density at radius 3 is 2.75 bits per heavy atom. The summed E-state index contributed by atoms with van der Waals surface area (Å²) in [6, 6.07) is 0.691. The predicted octanol–water partition coefficient (Wildman–Crippen LogP) is 1.63. The highest BCUT2D eigenvalue weighted by Crippen LogP contribution is 2.29. The van der Waals surface area contributed by atoms with Crippen LogP contribution in [0.2, 0.25) is 0 Å². The van der Waals surface area contributed by atoms with Gasteiger partial charge in [-0.2, -0.15) is 0 Å². The molecule has 2 unspecified atom stereocenters. The lowest BCUT2D eigenvalue weighted by Gasteiger charge is -2.46. The van der Waals surface area contributed by atoms with Gasteiger partial charge in [0, 0.05) is 31.3 Å². The van der Waals surface area contributed by atoms with E-state index in [4.69, 9.17) is 4.74 Å². The highest BCUT2D eigenvalue weighted by Gasteiger charge is 2.35. The van der Waals surface area contributed by atoms with Crippen molar-refractivity contribution in [1.82, 2.24) is 10.2 Å². The van der Waals surface area contributed by atoms with Crippen LogP contribution in [-0.4, -0.2) is 49.3 Å². The molecule has 3 heteroatoms. The third kappa shape index (κ3) is 2.76. The molecule has 1 N–H and O–H groups in total. The topological polar surface area (TPSA) is 24.5 Å². The van der Waals surface area contributed by atoms with Crippen LogP contribution in [0.4, 0.5) is 0 Å². The molecule has 0 amide bonds. The van der Waals surface area contributed by atoms with Crippen LogP contribution in [0.5, 0.6) is 0 Å². The lowest BCUT2D eigenvalue weighted by molar-refractivity contribution is 0.00488. The molecule has 94 valence electrons. The Labute approximate surface area is 99.5 Å². The summed E-state index contributed by atoms with van der Waals surface area (Å²) < 4.78 is 5.74. The number of ether oxygens (including phenoxy) is 1. The summed E-state index contributed by atoms with van der Waals surface area (Å²) in [6.45, 7) is 8.04. The van der Waals surface area contributed by atoms with Crippen LogP contribution in [0.15, 0.2) is 0 Å². The van der Waals surface area contributed by atoms with E-state index >= 15 is 0 Å². The van der Waals surface area contributed by atoms with Gasteiger partial charge in [-0.1, -0.05) is 0 Å². The standard InChI is InChI=1S/C13H26N2O/c1-13(2)9-11(14-3)6-7-15(13)10-12-5-4-8-16-12/h11-12,14H,4-10H2,1-3H3. The quantitative estimate of drug-likeness (QED) is 0.791. The lowest BCUT2D eigenvalue weighted by Crippen LogP contribution is -2.55. The smallest absolute Gasteiger partial charge is 0.0703 e. The Kier molecular flexibility index (Phi) is 3.88. The van der Waals surface area contributed by atoms with Crippen LogP contribution in [0.1, 0.15) is 39.5 Å². The number of nitrogens with zero attached hydrogens (tertiary/aromatic N) is 1. The van der Waals surface area contributed by atoms with Crippen molar-refractivity contribution in [2.24, 2.45) is 0 Å². The van der Waals surface area contributed by atoms with Crippen LogP contribution in [-0.2, 0) is 4.74 Å². The SMILES string of the molecule is CNC1CCN(CC2CCCO2)C(C)(C)C1.